The molecule has 0 unspecified atom stereocenters. The van der Waals surface area contributed by atoms with Gasteiger partial charge in [-0.2, -0.15) is 12.6 Å². The number of thiol groups is 1. The molecule has 0 radical (unpaired) electrons. The van der Waals surface area contributed by atoms with Gasteiger partial charge in [-0.3, -0.25) is 4.79 Å². The van der Waals surface area contributed by atoms with Crippen molar-refractivity contribution in [3.8, 4) is 10.6 Å². The molecule has 2 rings (SSSR count). The summed E-state index contributed by atoms with van der Waals surface area (Å²) in [5.41, 5.74) is -0.573. The van der Waals surface area contributed by atoms with Crippen LogP contribution in [0, 0.1) is 11.6 Å². The van der Waals surface area contributed by atoms with Gasteiger partial charge in [-0.1, -0.05) is 6.07 Å². The molecule has 0 spiro atoms. The van der Waals surface area contributed by atoms with Crippen LogP contribution in [0.1, 0.15) is 19.5 Å². The molecule has 0 aliphatic heterocycles. The lowest BCUT2D eigenvalue weighted by Crippen LogP contribution is -2.41. The fourth-order valence-corrected chi connectivity index (χ4v) is 3.03. The standard InChI is InChI=1S/C15H16F2N2OS2/c1-15(2,14(20)18-6-7-21)11-8-22-13(19-11)12-9(16)4-3-5-10(12)17/h3-5,8,21H,6-7H2,1-2H3,(H,18,20). The smallest absolute Gasteiger partial charge is 0.231 e. The van der Waals surface area contributed by atoms with Gasteiger partial charge in [-0.15, -0.1) is 11.3 Å². The second kappa shape index (κ2) is 6.75. The van der Waals surface area contributed by atoms with Crippen molar-refractivity contribution in [2.75, 3.05) is 12.3 Å². The van der Waals surface area contributed by atoms with Gasteiger partial charge in [0, 0.05) is 17.7 Å². The number of rotatable bonds is 5. The van der Waals surface area contributed by atoms with Gasteiger partial charge in [0.05, 0.1) is 16.7 Å². The molecular weight excluding hydrogens is 326 g/mol. The van der Waals surface area contributed by atoms with Crippen LogP contribution in [0.5, 0.6) is 0 Å². The fourth-order valence-electron chi connectivity index (χ4n) is 1.88. The molecule has 22 heavy (non-hydrogen) atoms. The van der Waals surface area contributed by atoms with Crippen molar-refractivity contribution in [3.05, 3.63) is 40.9 Å². The monoisotopic (exact) mass is 342 g/mol. The van der Waals surface area contributed by atoms with Crippen LogP contribution in [0.2, 0.25) is 0 Å². The van der Waals surface area contributed by atoms with Crippen LogP contribution in [0.25, 0.3) is 10.6 Å². The molecule has 0 bridgehead atoms. The Morgan fingerprint density at radius 3 is 2.59 bits per heavy atom. The molecule has 0 fully saturated rings. The normalized spacial score (nSPS) is 11.5. The van der Waals surface area contributed by atoms with E-state index in [1.165, 1.54) is 18.2 Å². The van der Waals surface area contributed by atoms with Crippen LogP contribution in [-0.4, -0.2) is 23.2 Å². The average Bonchev–Trinajstić information content (AvgIpc) is 2.94. The molecule has 1 heterocycles. The highest BCUT2D eigenvalue weighted by Gasteiger charge is 2.32. The molecule has 0 aliphatic rings. The summed E-state index contributed by atoms with van der Waals surface area (Å²) in [6.45, 7) is 3.89. The van der Waals surface area contributed by atoms with Gasteiger partial charge in [0.2, 0.25) is 5.91 Å². The van der Waals surface area contributed by atoms with E-state index < -0.39 is 17.0 Å². The van der Waals surface area contributed by atoms with Gasteiger partial charge >= 0.3 is 0 Å². The predicted molar refractivity (Wildman–Crippen MR) is 87.4 cm³/mol. The topological polar surface area (TPSA) is 42.0 Å². The minimum Gasteiger partial charge on any atom is -0.354 e. The Hall–Kier alpha value is -1.47. The third kappa shape index (κ3) is 3.30. The second-order valence-corrected chi connectivity index (χ2v) is 6.54. The zero-order valence-corrected chi connectivity index (χ0v) is 13.9. The van der Waals surface area contributed by atoms with Crippen molar-refractivity contribution >= 4 is 29.9 Å². The molecule has 0 saturated heterocycles. The molecule has 2 aromatic rings. The van der Waals surface area contributed by atoms with E-state index in [4.69, 9.17) is 0 Å². The third-order valence-corrected chi connectivity index (χ3v) is 4.37. The summed E-state index contributed by atoms with van der Waals surface area (Å²) in [5.74, 6) is -1.01. The number of carbonyl (C=O) groups is 1. The van der Waals surface area contributed by atoms with E-state index in [9.17, 15) is 13.6 Å². The Labute approximate surface area is 137 Å². The van der Waals surface area contributed by atoms with E-state index in [1.54, 1.807) is 19.2 Å². The van der Waals surface area contributed by atoms with Crippen LogP contribution < -0.4 is 5.32 Å². The number of hydrogen-bond donors (Lipinski definition) is 2. The summed E-state index contributed by atoms with van der Waals surface area (Å²) < 4.78 is 27.6. The summed E-state index contributed by atoms with van der Waals surface area (Å²) in [7, 11) is 0. The van der Waals surface area contributed by atoms with E-state index in [0.717, 1.165) is 11.3 Å². The fraction of sp³-hybridized carbons (Fsp3) is 0.333. The second-order valence-electron chi connectivity index (χ2n) is 5.24. The first-order valence-corrected chi connectivity index (χ1v) is 8.18. The zero-order valence-electron chi connectivity index (χ0n) is 12.2. The van der Waals surface area contributed by atoms with Crippen LogP contribution in [0.15, 0.2) is 23.6 Å². The lowest BCUT2D eigenvalue weighted by molar-refractivity contribution is -0.125. The van der Waals surface area contributed by atoms with Gasteiger partial charge < -0.3 is 5.32 Å². The highest BCUT2D eigenvalue weighted by molar-refractivity contribution is 7.80. The van der Waals surface area contributed by atoms with Crippen molar-refractivity contribution < 1.29 is 13.6 Å². The van der Waals surface area contributed by atoms with Gasteiger partial charge in [-0.05, 0) is 26.0 Å². The van der Waals surface area contributed by atoms with Crippen LogP contribution >= 0.6 is 24.0 Å². The minimum absolute atomic E-state index is 0.162. The van der Waals surface area contributed by atoms with E-state index in [0.29, 0.717) is 18.0 Å². The maximum Gasteiger partial charge on any atom is 0.231 e. The number of nitrogens with one attached hydrogen (secondary N) is 1. The SMILES string of the molecule is CC(C)(C(=O)NCCS)c1csc(-c2c(F)cccc2F)n1. The maximum atomic E-state index is 13.8. The van der Waals surface area contributed by atoms with Crippen molar-refractivity contribution in [1.29, 1.82) is 0 Å². The lowest BCUT2D eigenvalue weighted by atomic mass is 9.89. The van der Waals surface area contributed by atoms with Crippen molar-refractivity contribution in [2.24, 2.45) is 0 Å². The van der Waals surface area contributed by atoms with Crippen molar-refractivity contribution in [3.63, 3.8) is 0 Å². The molecule has 3 nitrogen and oxygen atoms in total. The van der Waals surface area contributed by atoms with Crippen molar-refractivity contribution in [2.45, 2.75) is 19.3 Å². The number of nitrogens with zero attached hydrogens (tertiary/aromatic N) is 1. The highest BCUT2D eigenvalue weighted by Crippen LogP contribution is 2.33. The molecule has 0 saturated carbocycles. The van der Waals surface area contributed by atoms with E-state index >= 15 is 0 Å². The average molecular weight is 342 g/mol. The quantitative estimate of drug-likeness (QED) is 0.818. The molecule has 1 aromatic heterocycles. The minimum atomic E-state index is -0.889. The number of thiazole rings is 1. The van der Waals surface area contributed by atoms with E-state index in [-0.39, 0.29) is 16.5 Å². The number of hydrogen-bond acceptors (Lipinski definition) is 4. The Morgan fingerprint density at radius 1 is 1.36 bits per heavy atom. The van der Waals surface area contributed by atoms with Crippen LogP contribution in [0.3, 0.4) is 0 Å². The molecule has 1 N–H and O–H groups in total. The molecule has 118 valence electrons. The van der Waals surface area contributed by atoms with Gasteiger partial charge in [0.15, 0.2) is 0 Å². The van der Waals surface area contributed by atoms with Gasteiger partial charge in [0.1, 0.15) is 16.6 Å². The summed E-state index contributed by atoms with van der Waals surface area (Å²) in [5, 5.41) is 4.62. The number of benzene rings is 1. The first-order chi connectivity index (χ1) is 10.4. The van der Waals surface area contributed by atoms with E-state index in [1.807, 2.05) is 0 Å². The van der Waals surface area contributed by atoms with Crippen molar-refractivity contribution in [1.82, 2.24) is 10.3 Å². The van der Waals surface area contributed by atoms with Gasteiger partial charge in [-0.25, -0.2) is 13.8 Å². The molecule has 7 heteroatoms. The Morgan fingerprint density at radius 2 is 2.00 bits per heavy atom. The number of amides is 1. The largest absolute Gasteiger partial charge is 0.354 e. The lowest BCUT2D eigenvalue weighted by Gasteiger charge is -2.21. The van der Waals surface area contributed by atoms with E-state index in [2.05, 4.69) is 22.9 Å². The van der Waals surface area contributed by atoms with Crippen LogP contribution in [0.4, 0.5) is 8.78 Å². The number of halogens is 2. The summed E-state index contributed by atoms with van der Waals surface area (Å²) in [6.07, 6.45) is 0. The summed E-state index contributed by atoms with van der Waals surface area (Å²) in [6, 6.07) is 3.67. The Bertz CT molecular complexity index is 666. The Kier molecular flexibility index (Phi) is 5.18. The number of aromatic nitrogens is 1. The number of carbonyl (C=O) groups excluding carboxylic acids is 1. The summed E-state index contributed by atoms with van der Waals surface area (Å²) in [4.78, 5) is 16.4. The maximum absolute atomic E-state index is 13.8. The predicted octanol–water partition coefficient (Wildman–Crippen LogP) is 3.41. The first-order valence-electron chi connectivity index (χ1n) is 6.67. The first kappa shape index (κ1) is 16.9. The third-order valence-electron chi connectivity index (χ3n) is 3.29. The molecule has 1 amide bonds. The molecule has 0 aliphatic carbocycles. The zero-order chi connectivity index (χ0) is 16.3. The Balaban J connectivity index is 2.33. The molecule has 1 aromatic carbocycles. The summed E-state index contributed by atoms with van der Waals surface area (Å²) >= 11 is 5.15. The molecule has 0 atom stereocenters. The van der Waals surface area contributed by atoms with Gasteiger partial charge in [0.25, 0.3) is 0 Å². The van der Waals surface area contributed by atoms with Crippen LogP contribution in [-0.2, 0) is 10.2 Å². The molecular formula is C15H16F2N2OS2. The highest BCUT2D eigenvalue weighted by atomic mass is 32.1.